The van der Waals surface area contributed by atoms with Crippen molar-refractivity contribution in [2.45, 2.75) is 19.0 Å². The highest BCUT2D eigenvalue weighted by molar-refractivity contribution is 5.71. The van der Waals surface area contributed by atoms with Crippen LogP contribution in [0.25, 0.3) is 11.3 Å². The molecule has 0 fully saturated rings. The number of carbonyl (C=O) groups is 1. The Bertz CT molecular complexity index is 845. The number of amides is 2. The van der Waals surface area contributed by atoms with E-state index in [1.807, 2.05) is 6.07 Å². The lowest BCUT2D eigenvalue weighted by atomic mass is 10.1. The van der Waals surface area contributed by atoms with Gasteiger partial charge in [0, 0.05) is 24.8 Å². The van der Waals surface area contributed by atoms with E-state index in [2.05, 4.69) is 9.97 Å². The summed E-state index contributed by atoms with van der Waals surface area (Å²) in [4.78, 5) is 20.4. The quantitative estimate of drug-likeness (QED) is 0.883. The average Bonchev–Trinajstić information content (AvgIpc) is 2.60. The highest BCUT2D eigenvalue weighted by atomic mass is 19.4. The van der Waals surface area contributed by atoms with Crippen LogP contribution in [0.3, 0.4) is 0 Å². The predicted octanol–water partition coefficient (Wildman–Crippen LogP) is 2.98. The molecule has 26 heavy (non-hydrogen) atoms. The number of rotatable bonds is 5. The van der Waals surface area contributed by atoms with E-state index in [0.29, 0.717) is 25.1 Å². The number of nitriles is 1. The molecule has 2 amide bonds. The first-order chi connectivity index (χ1) is 12.2. The highest BCUT2D eigenvalue weighted by Crippen LogP contribution is 2.31. The number of halogens is 3. The summed E-state index contributed by atoms with van der Waals surface area (Å²) in [6.45, 7) is 0.389. The zero-order valence-corrected chi connectivity index (χ0v) is 13.9. The molecule has 0 atom stereocenters. The molecule has 0 aliphatic rings. The lowest BCUT2D eigenvalue weighted by Gasteiger charge is -2.13. The molecule has 0 radical (unpaired) electrons. The van der Waals surface area contributed by atoms with Crippen LogP contribution in [0.1, 0.15) is 23.5 Å². The van der Waals surface area contributed by atoms with Gasteiger partial charge < -0.3 is 10.6 Å². The molecule has 1 heterocycles. The number of nitrogens with two attached hydrogens (primary N) is 1. The van der Waals surface area contributed by atoms with Gasteiger partial charge in [-0.1, -0.05) is 12.1 Å². The lowest BCUT2D eigenvalue weighted by Crippen LogP contribution is -2.32. The summed E-state index contributed by atoms with van der Waals surface area (Å²) in [7, 11) is 1.55. The molecule has 0 saturated heterocycles. The summed E-state index contributed by atoms with van der Waals surface area (Å²) >= 11 is 0. The van der Waals surface area contributed by atoms with Crippen LogP contribution in [0.5, 0.6) is 0 Å². The number of urea groups is 1. The molecule has 0 saturated carbocycles. The maximum absolute atomic E-state index is 12.9. The van der Waals surface area contributed by atoms with Gasteiger partial charge >= 0.3 is 12.2 Å². The molecule has 0 spiro atoms. The number of primary amides is 1. The van der Waals surface area contributed by atoms with E-state index >= 15 is 0 Å². The van der Waals surface area contributed by atoms with Gasteiger partial charge in [0.1, 0.15) is 6.07 Å². The molecule has 2 rings (SSSR count). The fourth-order valence-corrected chi connectivity index (χ4v) is 2.29. The van der Waals surface area contributed by atoms with E-state index in [9.17, 15) is 18.0 Å². The molecule has 1 aromatic heterocycles. The Hall–Kier alpha value is -3.15. The Morgan fingerprint density at radius 2 is 2.04 bits per heavy atom. The third-order valence-electron chi connectivity index (χ3n) is 3.67. The molecule has 136 valence electrons. The number of nitrogens with zero attached hydrogens (tertiary/aromatic N) is 4. The number of aromatic nitrogens is 2. The van der Waals surface area contributed by atoms with Crippen molar-refractivity contribution in [1.29, 1.82) is 5.26 Å². The average molecular weight is 363 g/mol. The van der Waals surface area contributed by atoms with Crippen molar-refractivity contribution in [3.05, 3.63) is 47.4 Å². The van der Waals surface area contributed by atoms with Gasteiger partial charge in [0.15, 0.2) is 0 Å². The van der Waals surface area contributed by atoms with Gasteiger partial charge in [0.05, 0.1) is 11.3 Å². The summed E-state index contributed by atoms with van der Waals surface area (Å²) in [5.41, 5.74) is 5.33. The van der Waals surface area contributed by atoms with Crippen molar-refractivity contribution >= 4 is 6.03 Å². The van der Waals surface area contributed by atoms with Crippen LogP contribution in [0.4, 0.5) is 18.0 Å². The van der Waals surface area contributed by atoms with E-state index < -0.39 is 17.8 Å². The molecule has 2 aromatic rings. The smallest absolute Gasteiger partial charge is 0.351 e. The lowest BCUT2D eigenvalue weighted by molar-refractivity contribution is -0.137. The fraction of sp³-hybridized carbons (Fsp3) is 0.294. The maximum Gasteiger partial charge on any atom is 0.416 e. The minimum atomic E-state index is -4.47. The fourth-order valence-electron chi connectivity index (χ4n) is 2.29. The molecular formula is C17H16F3N5O. The molecule has 9 heteroatoms. The second kappa shape index (κ2) is 7.82. The normalized spacial score (nSPS) is 11.0. The van der Waals surface area contributed by atoms with E-state index in [-0.39, 0.29) is 17.1 Å². The number of hydrogen-bond acceptors (Lipinski definition) is 4. The van der Waals surface area contributed by atoms with Crippen LogP contribution >= 0.6 is 0 Å². The second-order valence-corrected chi connectivity index (χ2v) is 5.62. The van der Waals surface area contributed by atoms with Crippen LogP contribution in [0.2, 0.25) is 0 Å². The molecule has 6 nitrogen and oxygen atoms in total. The Labute approximate surface area is 148 Å². The molecule has 1 aromatic carbocycles. The van der Waals surface area contributed by atoms with Crippen molar-refractivity contribution in [2.24, 2.45) is 5.73 Å². The minimum Gasteiger partial charge on any atom is -0.351 e. The number of benzene rings is 1. The van der Waals surface area contributed by atoms with E-state index in [1.165, 1.54) is 17.0 Å². The number of aryl methyl sites for hydroxylation is 1. The molecule has 0 bridgehead atoms. The van der Waals surface area contributed by atoms with Gasteiger partial charge in [0.25, 0.3) is 0 Å². The molecule has 0 aliphatic carbocycles. The summed E-state index contributed by atoms with van der Waals surface area (Å²) in [5, 5.41) is 9.08. The van der Waals surface area contributed by atoms with Crippen molar-refractivity contribution in [1.82, 2.24) is 14.9 Å². The van der Waals surface area contributed by atoms with Crippen LogP contribution in [-0.2, 0) is 12.6 Å². The molecule has 0 aliphatic heterocycles. The summed E-state index contributed by atoms with van der Waals surface area (Å²) in [6.07, 6.45) is -3.52. The van der Waals surface area contributed by atoms with Crippen LogP contribution < -0.4 is 5.73 Å². The maximum atomic E-state index is 12.9. The van der Waals surface area contributed by atoms with Gasteiger partial charge in [-0.2, -0.15) is 18.4 Å². The third-order valence-corrected chi connectivity index (χ3v) is 3.67. The monoisotopic (exact) mass is 363 g/mol. The van der Waals surface area contributed by atoms with E-state index in [4.69, 9.17) is 11.0 Å². The molecule has 0 unspecified atom stereocenters. The number of hydrogen-bond donors (Lipinski definition) is 1. The first-order valence-corrected chi connectivity index (χ1v) is 7.67. The van der Waals surface area contributed by atoms with Gasteiger partial charge in [-0.05, 0) is 31.0 Å². The minimum absolute atomic E-state index is 0.127. The first kappa shape index (κ1) is 19.2. The van der Waals surface area contributed by atoms with E-state index in [1.54, 1.807) is 13.1 Å². The standard InChI is InChI=1S/C17H16F3N5O/c1-25(16(22)26)7-3-6-13-9-14(24-15(10-21)23-13)11-4-2-5-12(8-11)17(18,19)20/h2,4-5,8-9H,3,6-7H2,1H3,(H2,22,26). The number of carbonyl (C=O) groups excluding carboxylic acids is 1. The predicted molar refractivity (Wildman–Crippen MR) is 87.7 cm³/mol. The van der Waals surface area contributed by atoms with Crippen molar-refractivity contribution < 1.29 is 18.0 Å². The SMILES string of the molecule is CN(CCCc1cc(-c2cccc(C(F)(F)F)c2)nc(C#N)n1)C(N)=O. The Morgan fingerprint density at radius 3 is 2.65 bits per heavy atom. The van der Waals surface area contributed by atoms with Gasteiger partial charge in [-0.3, -0.25) is 0 Å². The molecular weight excluding hydrogens is 347 g/mol. The largest absolute Gasteiger partial charge is 0.416 e. The summed E-state index contributed by atoms with van der Waals surface area (Å²) < 4.78 is 38.7. The van der Waals surface area contributed by atoms with Gasteiger partial charge in [0.2, 0.25) is 5.82 Å². The Balaban J connectivity index is 2.27. The second-order valence-electron chi connectivity index (χ2n) is 5.62. The highest BCUT2D eigenvalue weighted by Gasteiger charge is 2.30. The summed E-state index contributed by atoms with van der Waals surface area (Å²) in [6, 6.07) is 7.52. The summed E-state index contributed by atoms with van der Waals surface area (Å²) in [5.74, 6) is -0.127. The van der Waals surface area contributed by atoms with Crippen molar-refractivity contribution in [3.63, 3.8) is 0 Å². The van der Waals surface area contributed by atoms with Crippen LogP contribution in [0.15, 0.2) is 30.3 Å². The Morgan fingerprint density at radius 1 is 1.31 bits per heavy atom. The number of alkyl halides is 3. The molecule has 2 N–H and O–H groups in total. The van der Waals surface area contributed by atoms with Crippen molar-refractivity contribution in [2.75, 3.05) is 13.6 Å². The third kappa shape index (κ3) is 4.92. The van der Waals surface area contributed by atoms with E-state index in [0.717, 1.165) is 12.1 Å². The Kier molecular flexibility index (Phi) is 5.77. The topological polar surface area (TPSA) is 95.9 Å². The zero-order valence-electron chi connectivity index (χ0n) is 13.9. The van der Waals surface area contributed by atoms with Gasteiger partial charge in [-0.15, -0.1) is 0 Å². The van der Waals surface area contributed by atoms with Crippen LogP contribution in [0, 0.1) is 11.3 Å². The van der Waals surface area contributed by atoms with Crippen molar-refractivity contribution in [3.8, 4) is 17.3 Å². The van der Waals surface area contributed by atoms with Gasteiger partial charge in [-0.25, -0.2) is 14.8 Å². The van der Waals surface area contributed by atoms with Crippen LogP contribution in [-0.4, -0.2) is 34.5 Å². The zero-order chi connectivity index (χ0) is 19.3. The first-order valence-electron chi connectivity index (χ1n) is 7.67.